The Morgan fingerprint density at radius 2 is 1.75 bits per heavy atom. The molecule has 1 aliphatic rings. The Labute approximate surface area is 168 Å². The smallest absolute Gasteiger partial charge is 0.326 e. The number of aliphatic carboxylic acids is 1. The molecule has 1 aromatic carbocycles. The molecule has 0 aliphatic carbocycles. The lowest BCUT2D eigenvalue weighted by atomic mass is 10.1. The number of nitrogens with one attached hydrogen (secondary N) is 1. The summed E-state index contributed by atoms with van der Waals surface area (Å²) in [5.41, 5.74) is 0.876. The van der Waals surface area contributed by atoms with Gasteiger partial charge in [-0.25, -0.2) is 4.79 Å². The number of carbonyl (C=O) groups excluding carboxylic acids is 3. The second-order valence-corrected chi connectivity index (χ2v) is 7.96. The van der Waals surface area contributed by atoms with Gasteiger partial charge in [-0.1, -0.05) is 25.5 Å². The van der Waals surface area contributed by atoms with Gasteiger partial charge in [0.15, 0.2) is 0 Å². The Morgan fingerprint density at radius 1 is 1.11 bits per heavy atom. The van der Waals surface area contributed by atoms with Crippen molar-refractivity contribution in [3.63, 3.8) is 0 Å². The lowest BCUT2D eigenvalue weighted by molar-refractivity contribution is -0.141. The topological polar surface area (TPSA) is 104 Å². The van der Waals surface area contributed by atoms with Crippen molar-refractivity contribution < 1.29 is 24.3 Å². The van der Waals surface area contributed by atoms with Crippen molar-refractivity contribution in [2.75, 3.05) is 18.1 Å². The number of benzene rings is 1. The van der Waals surface area contributed by atoms with Gasteiger partial charge in [0.25, 0.3) is 11.8 Å². The van der Waals surface area contributed by atoms with Crippen molar-refractivity contribution in [2.45, 2.75) is 45.1 Å². The van der Waals surface area contributed by atoms with Crippen molar-refractivity contribution in [2.24, 2.45) is 0 Å². The van der Waals surface area contributed by atoms with Gasteiger partial charge >= 0.3 is 5.97 Å². The van der Waals surface area contributed by atoms with E-state index in [1.54, 1.807) is 36.0 Å². The van der Waals surface area contributed by atoms with Crippen LogP contribution in [-0.2, 0) is 9.59 Å². The predicted octanol–water partition coefficient (Wildman–Crippen LogP) is 2.56. The second kappa shape index (κ2) is 10.8. The zero-order valence-electron chi connectivity index (χ0n) is 16.0. The zero-order valence-corrected chi connectivity index (χ0v) is 16.8. The maximum atomic E-state index is 12.3. The van der Waals surface area contributed by atoms with E-state index in [2.05, 4.69) is 5.32 Å². The average Bonchev–Trinajstić information content (AvgIpc) is 2.92. The number of fused-ring (bicyclic) bond motifs is 1. The lowest BCUT2D eigenvalue weighted by Crippen LogP contribution is -2.41. The Bertz CT molecular complexity index is 702. The average molecular weight is 407 g/mol. The van der Waals surface area contributed by atoms with E-state index in [1.807, 2.05) is 6.92 Å². The molecule has 0 saturated carbocycles. The van der Waals surface area contributed by atoms with Gasteiger partial charge < -0.3 is 10.4 Å². The molecule has 152 valence electrons. The summed E-state index contributed by atoms with van der Waals surface area (Å²) in [6, 6.07) is 5.91. The van der Waals surface area contributed by atoms with Crippen molar-refractivity contribution in [3.8, 4) is 0 Å². The summed E-state index contributed by atoms with van der Waals surface area (Å²) < 4.78 is 0. The van der Waals surface area contributed by atoms with Crippen LogP contribution in [0.15, 0.2) is 24.3 Å². The molecule has 2 N–H and O–H groups in total. The Kier molecular flexibility index (Phi) is 8.50. The van der Waals surface area contributed by atoms with Gasteiger partial charge in [0, 0.05) is 13.0 Å². The van der Waals surface area contributed by atoms with Crippen molar-refractivity contribution in [1.29, 1.82) is 0 Å². The quantitative estimate of drug-likeness (QED) is 0.408. The highest BCUT2D eigenvalue weighted by molar-refractivity contribution is 7.99. The Hall–Kier alpha value is -2.35. The van der Waals surface area contributed by atoms with Crippen LogP contribution in [0.3, 0.4) is 0 Å². The van der Waals surface area contributed by atoms with E-state index in [9.17, 15) is 24.3 Å². The molecule has 8 heteroatoms. The fourth-order valence-corrected chi connectivity index (χ4v) is 3.73. The van der Waals surface area contributed by atoms with Crippen LogP contribution in [0.1, 0.15) is 59.7 Å². The molecule has 0 bridgehead atoms. The fraction of sp³-hybridized carbons (Fsp3) is 0.500. The molecule has 1 heterocycles. The highest BCUT2D eigenvalue weighted by atomic mass is 32.2. The van der Waals surface area contributed by atoms with E-state index < -0.39 is 12.0 Å². The van der Waals surface area contributed by atoms with Crippen LogP contribution in [0, 0.1) is 0 Å². The second-order valence-electron chi connectivity index (χ2n) is 6.56. The minimum Gasteiger partial charge on any atom is -0.480 e. The first kappa shape index (κ1) is 21.9. The molecule has 2 rings (SSSR count). The molecular formula is C20H26N2O5S. The minimum atomic E-state index is -1.02. The first-order valence-corrected chi connectivity index (χ1v) is 10.7. The normalized spacial score (nSPS) is 14.1. The van der Waals surface area contributed by atoms with Crippen LogP contribution in [-0.4, -0.2) is 57.8 Å². The number of carbonyl (C=O) groups is 4. The maximum absolute atomic E-state index is 12.3. The van der Waals surface area contributed by atoms with Gasteiger partial charge in [0.05, 0.1) is 11.1 Å². The van der Waals surface area contributed by atoms with Gasteiger partial charge in [-0.2, -0.15) is 11.8 Å². The van der Waals surface area contributed by atoms with Gasteiger partial charge in [-0.05, 0) is 42.9 Å². The maximum Gasteiger partial charge on any atom is 0.326 e. The molecule has 0 fully saturated rings. The zero-order chi connectivity index (χ0) is 20.5. The molecule has 0 saturated heterocycles. The summed E-state index contributed by atoms with van der Waals surface area (Å²) in [7, 11) is 0. The minimum absolute atomic E-state index is 0.229. The molecule has 0 aromatic heterocycles. The molecule has 7 nitrogen and oxygen atoms in total. The van der Waals surface area contributed by atoms with Crippen molar-refractivity contribution >= 4 is 35.5 Å². The van der Waals surface area contributed by atoms with Crippen LogP contribution in [0.25, 0.3) is 0 Å². The number of nitrogens with zero attached hydrogens (tertiary/aromatic N) is 1. The standard InChI is InChI=1S/C20H26N2O5S/c1-2-28-13-11-16(20(26)27)21-17(23)10-4-3-7-12-22-18(24)14-8-5-6-9-15(14)19(22)25/h5-6,8-9,16H,2-4,7,10-13H2,1H3,(H,21,23)(H,26,27). The van der Waals surface area contributed by atoms with Gasteiger partial charge in [-0.3, -0.25) is 19.3 Å². The molecule has 3 amide bonds. The van der Waals surface area contributed by atoms with E-state index in [4.69, 9.17) is 0 Å². The number of imide groups is 1. The van der Waals surface area contributed by atoms with Crippen LogP contribution in [0.4, 0.5) is 0 Å². The molecule has 28 heavy (non-hydrogen) atoms. The Balaban J connectivity index is 1.67. The summed E-state index contributed by atoms with van der Waals surface area (Å²) in [5.74, 6) is -0.244. The van der Waals surface area contributed by atoms with E-state index in [0.29, 0.717) is 49.1 Å². The first-order valence-electron chi connectivity index (χ1n) is 9.50. The number of amides is 3. The number of hydrogen-bond acceptors (Lipinski definition) is 5. The highest BCUT2D eigenvalue weighted by Gasteiger charge is 2.34. The number of hydrogen-bond donors (Lipinski definition) is 2. The van der Waals surface area contributed by atoms with E-state index in [1.165, 1.54) is 4.90 Å². The monoisotopic (exact) mass is 406 g/mol. The number of carboxylic acids is 1. The van der Waals surface area contributed by atoms with Gasteiger partial charge in [0.2, 0.25) is 5.91 Å². The first-order chi connectivity index (χ1) is 13.5. The highest BCUT2D eigenvalue weighted by Crippen LogP contribution is 2.22. The summed E-state index contributed by atoms with van der Waals surface area (Å²) >= 11 is 1.64. The summed E-state index contributed by atoms with van der Waals surface area (Å²) in [5, 5.41) is 11.7. The molecule has 1 atom stereocenters. The van der Waals surface area contributed by atoms with E-state index in [0.717, 1.165) is 5.75 Å². The molecule has 0 radical (unpaired) electrons. The largest absolute Gasteiger partial charge is 0.480 e. The third-order valence-electron chi connectivity index (χ3n) is 4.55. The molecule has 0 spiro atoms. The van der Waals surface area contributed by atoms with E-state index >= 15 is 0 Å². The summed E-state index contributed by atoms with van der Waals surface area (Å²) in [4.78, 5) is 48.9. The van der Waals surface area contributed by atoms with Crippen molar-refractivity contribution in [1.82, 2.24) is 10.2 Å². The Morgan fingerprint density at radius 3 is 2.32 bits per heavy atom. The van der Waals surface area contributed by atoms with Crippen LogP contribution in [0.5, 0.6) is 0 Å². The SMILES string of the molecule is CCSCCC(NC(=O)CCCCCN1C(=O)c2ccccc2C1=O)C(=O)O. The third-order valence-corrected chi connectivity index (χ3v) is 5.48. The predicted molar refractivity (Wildman–Crippen MR) is 107 cm³/mol. The van der Waals surface area contributed by atoms with Crippen LogP contribution < -0.4 is 5.32 Å². The fourth-order valence-electron chi connectivity index (χ4n) is 3.04. The third kappa shape index (κ3) is 5.82. The van der Waals surface area contributed by atoms with Gasteiger partial charge in [-0.15, -0.1) is 0 Å². The molecule has 1 aliphatic heterocycles. The lowest BCUT2D eigenvalue weighted by Gasteiger charge is -2.15. The number of carboxylic acid groups (broad SMARTS) is 1. The van der Waals surface area contributed by atoms with Crippen molar-refractivity contribution in [3.05, 3.63) is 35.4 Å². The number of thioether (sulfide) groups is 1. The molecule has 1 aromatic rings. The summed E-state index contributed by atoms with van der Waals surface area (Å²) in [6.07, 6.45) is 2.48. The van der Waals surface area contributed by atoms with Crippen LogP contribution >= 0.6 is 11.8 Å². The van der Waals surface area contributed by atoms with Crippen LogP contribution in [0.2, 0.25) is 0 Å². The molecule has 1 unspecified atom stereocenters. The number of unbranched alkanes of at least 4 members (excludes halogenated alkanes) is 2. The summed E-state index contributed by atoms with van der Waals surface area (Å²) in [6.45, 7) is 2.32. The number of rotatable bonds is 12. The van der Waals surface area contributed by atoms with Gasteiger partial charge in [0.1, 0.15) is 6.04 Å². The molecular weight excluding hydrogens is 380 g/mol. The van der Waals surface area contributed by atoms with E-state index in [-0.39, 0.29) is 24.1 Å².